The highest BCUT2D eigenvalue weighted by Gasteiger charge is 2.23. The van der Waals surface area contributed by atoms with E-state index in [1.807, 2.05) is 72.7 Å². The number of hydrogen-bond acceptors (Lipinski definition) is 9. The fourth-order valence-corrected chi connectivity index (χ4v) is 6.64. The maximum atomic E-state index is 14.4. The van der Waals surface area contributed by atoms with Gasteiger partial charge in [-0.1, -0.05) is 24.3 Å². The number of nitrogens with one attached hydrogen (secondary N) is 2. The zero-order valence-electron chi connectivity index (χ0n) is 27.1. The molecule has 5 aromatic rings. The predicted octanol–water partition coefficient (Wildman–Crippen LogP) is 6.15. The van der Waals surface area contributed by atoms with E-state index in [1.165, 1.54) is 0 Å². The Balaban J connectivity index is 1.22. The maximum Gasteiger partial charge on any atom is 0.276 e. The molecule has 0 unspecified atom stereocenters. The van der Waals surface area contributed by atoms with Gasteiger partial charge in [-0.25, -0.2) is 4.98 Å². The Labute approximate surface area is 275 Å². The zero-order valence-corrected chi connectivity index (χ0v) is 27.1. The van der Waals surface area contributed by atoms with Crippen LogP contribution in [0.1, 0.15) is 42.9 Å². The highest BCUT2D eigenvalue weighted by molar-refractivity contribution is 5.81. The van der Waals surface area contributed by atoms with Gasteiger partial charge >= 0.3 is 0 Å². The van der Waals surface area contributed by atoms with Crippen molar-refractivity contribution in [1.29, 1.82) is 0 Å². The summed E-state index contributed by atoms with van der Waals surface area (Å²) < 4.78 is 7.40. The Bertz CT molecular complexity index is 1860. The van der Waals surface area contributed by atoms with Gasteiger partial charge in [0, 0.05) is 72.8 Å². The number of para-hydroxylation sites is 1. The second-order valence-electron chi connectivity index (χ2n) is 12.6. The molecule has 0 saturated carbocycles. The summed E-state index contributed by atoms with van der Waals surface area (Å²) in [4.78, 5) is 33.1. The number of nitrogens with zero attached hydrogens (tertiary/aromatic N) is 6. The first-order valence-electron chi connectivity index (χ1n) is 16.5. The van der Waals surface area contributed by atoms with Gasteiger partial charge in [0.25, 0.3) is 5.56 Å². The van der Waals surface area contributed by atoms with E-state index in [2.05, 4.69) is 45.8 Å². The molecule has 2 fully saturated rings. The maximum absolute atomic E-state index is 14.4. The van der Waals surface area contributed by atoms with Crippen molar-refractivity contribution in [1.82, 2.24) is 24.4 Å². The van der Waals surface area contributed by atoms with Gasteiger partial charge in [0.15, 0.2) is 0 Å². The van der Waals surface area contributed by atoms with Gasteiger partial charge in [-0.2, -0.15) is 4.98 Å². The smallest absolute Gasteiger partial charge is 0.276 e. The number of benzene rings is 2. The molecule has 7 rings (SSSR count). The van der Waals surface area contributed by atoms with Crippen LogP contribution in [0.5, 0.6) is 0 Å². The molecule has 3 aromatic heterocycles. The van der Waals surface area contributed by atoms with Crippen LogP contribution in [0.25, 0.3) is 11.0 Å². The van der Waals surface area contributed by atoms with Crippen molar-refractivity contribution < 1.29 is 4.74 Å². The van der Waals surface area contributed by atoms with Crippen molar-refractivity contribution in [3.8, 4) is 0 Å². The summed E-state index contributed by atoms with van der Waals surface area (Å²) in [5.41, 5.74) is 5.94. The van der Waals surface area contributed by atoms with Crippen LogP contribution in [0.2, 0.25) is 0 Å². The Hall–Kier alpha value is -4.80. The SMILES string of the molecule is CN1CCC(Nc2ccc(Nc3ncc4cc(N(C)c5ccccc5)c(=O)n(Cc5cccnc5C5CCOCC5)c4n3)cc2)CC1. The van der Waals surface area contributed by atoms with Crippen LogP contribution >= 0.6 is 0 Å². The number of aromatic nitrogens is 4. The fourth-order valence-electron chi connectivity index (χ4n) is 6.64. The average molecular weight is 631 g/mol. The van der Waals surface area contributed by atoms with Crippen molar-refractivity contribution in [2.24, 2.45) is 0 Å². The molecular weight excluding hydrogens is 588 g/mol. The Morgan fingerprint density at radius 1 is 0.915 bits per heavy atom. The van der Waals surface area contributed by atoms with E-state index < -0.39 is 0 Å². The van der Waals surface area contributed by atoms with Crippen LogP contribution < -0.4 is 21.1 Å². The van der Waals surface area contributed by atoms with Crippen molar-refractivity contribution in [2.45, 2.75) is 44.2 Å². The molecule has 0 radical (unpaired) electrons. The summed E-state index contributed by atoms with van der Waals surface area (Å²) >= 11 is 0. The van der Waals surface area contributed by atoms with E-state index in [4.69, 9.17) is 14.7 Å². The third-order valence-electron chi connectivity index (χ3n) is 9.41. The van der Waals surface area contributed by atoms with E-state index in [1.54, 1.807) is 10.8 Å². The number of pyridine rings is 2. The number of fused-ring (bicyclic) bond motifs is 1. The lowest BCUT2D eigenvalue weighted by Crippen LogP contribution is -2.36. The lowest BCUT2D eigenvalue weighted by Gasteiger charge is -2.30. The van der Waals surface area contributed by atoms with E-state index in [-0.39, 0.29) is 5.56 Å². The molecule has 0 spiro atoms. The number of likely N-dealkylation sites (tertiary alicyclic amines) is 1. The lowest BCUT2D eigenvalue weighted by atomic mass is 9.92. The fraction of sp³-hybridized carbons (Fsp3) is 0.351. The average Bonchev–Trinajstić information content (AvgIpc) is 3.12. The molecule has 2 aromatic carbocycles. The standard InChI is InChI=1S/C37H42N8O2/c1-43-19-14-31(15-20-43)40-29-10-12-30(13-11-29)41-37-39-24-28-23-33(44(2)32-8-4-3-5-9-32)36(46)45(35(28)42-37)25-27-7-6-18-38-34(27)26-16-21-47-22-17-26/h3-13,18,23-24,26,31,40H,14-17,19-22,25H2,1-2H3,(H,39,41,42). The van der Waals surface area contributed by atoms with Gasteiger partial charge in [0.05, 0.1) is 6.54 Å². The van der Waals surface area contributed by atoms with Gasteiger partial charge in [-0.05, 0) is 99.9 Å². The molecule has 0 atom stereocenters. The zero-order chi connectivity index (χ0) is 32.2. The van der Waals surface area contributed by atoms with Crippen molar-refractivity contribution >= 4 is 39.7 Å². The van der Waals surface area contributed by atoms with Crippen LogP contribution in [0.15, 0.2) is 90.0 Å². The first kappa shape index (κ1) is 30.8. The third kappa shape index (κ3) is 6.99. The van der Waals surface area contributed by atoms with Crippen molar-refractivity contribution in [3.63, 3.8) is 0 Å². The van der Waals surface area contributed by atoms with E-state index in [0.717, 1.165) is 85.7 Å². The van der Waals surface area contributed by atoms with Gasteiger partial charge in [0.1, 0.15) is 11.3 Å². The molecule has 0 aliphatic carbocycles. The van der Waals surface area contributed by atoms with Crippen LogP contribution in [0, 0.1) is 0 Å². The van der Waals surface area contributed by atoms with Gasteiger partial charge < -0.3 is 25.2 Å². The largest absolute Gasteiger partial charge is 0.382 e. The molecule has 242 valence electrons. The minimum atomic E-state index is -0.125. The summed E-state index contributed by atoms with van der Waals surface area (Å²) in [5.74, 6) is 0.725. The Kier molecular flexibility index (Phi) is 9.12. The van der Waals surface area contributed by atoms with Crippen LogP contribution in [0.3, 0.4) is 0 Å². The normalized spacial score (nSPS) is 16.3. The second kappa shape index (κ2) is 13.9. The molecule has 10 nitrogen and oxygen atoms in total. The Morgan fingerprint density at radius 2 is 1.66 bits per heavy atom. The number of piperidine rings is 1. The molecule has 5 heterocycles. The van der Waals surface area contributed by atoms with Gasteiger partial charge in [-0.3, -0.25) is 14.3 Å². The molecular formula is C37H42N8O2. The molecule has 47 heavy (non-hydrogen) atoms. The molecule has 0 bridgehead atoms. The second-order valence-corrected chi connectivity index (χ2v) is 12.6. The van der Waals surface area contributed by atoms with Crippen LogP contribution in [0.4, 0.5) is 28.7 Å². The van der Waals surface area contributed by atoms with Gasteiger partial charge in [0.2, 0.25) is 5.95 Å². The first-order chi connectivity index (χ1) is 23.0. The molecule has 0 amide bonds. The number of hydrogen-bond donors (Lipinski definition) is 2. The predicted molar refractivity (Wildman–Crippen MR) is 188 cm³/mol. The van der Waals surface area contributed by atoms with E-state index in [9.17, 15) is 4.79 Å². The highest BCUT2D eigenvalue weighted by atomic mass is 16.5. The van der Waals surface area contributed by atoms with Crippen molar-refractivity contribution in [2.75, 3.05) is 55.9 Å². The molecule has 2 N–H and O–H groups in total. The van der Waals surface area contributed by atoms with E-state index in [0.29, 0.717) is 35.8 Å². The lowest BCUT2D eigenvalue weighted by molar-refractivity contribution is 0.0843. The Morgan fingerprint density at radius 3 is 2.43 bits per heavy atom. The minimum Gasteiger partial charge on any atom is -0.382 e. The topological polar surface area (TPSA) is 100 Å². The molecule has 2 saturated heterocycles. The van der Waals surface area contributed by atoms with E-state index >= 15 is 0 Å². The number of anilines is 5. The van der Waals surface area contributed by atoms with Crippen molar-refractivity contribution in [3.05, 3.63) is 107 Å². The number of rotatable bonds is 9. The third-order valence-corrected chi connectivity index (χ3v) is 9.41. The summed E-state index contributed by atoms with van der Waals surface area (Å²) in [7, 11) is 4.10. The van der Waals surface area contributed by atoms with Crippen LogP contribution in [-0.4, -0.2) is 70.9 Å². The quantitative estimate of drug-likeness (QED) is 0.199. The molecule has 2 aliphatic rings. The minimum absolute atomic E-state index is 0.125. The number of ether oxygens (including phenoxy) is 1. The molecule has 2 aliphatic heterocycles. The summed E-state index contributed by atoms with van der Waals surface area (Å²) in [6, 6.07) is 24.5. The molecule has 10 heteroatoms. The summed E-state index contributed by atoms with van der Waals surface area (Å²) in [5, 5.41) is 7.81. The van der Waals surface area contributed by atoms with Crippen LogP contribution in [-0.2, 0) is 11.3 Å². The first-order valence-corrected chi connectivity index (χ1v) is 16.5. The summed E-state index contributed by atoms with van der Waals surface area (Å²) in [6.07, 6.45) is 7.75. The van der Waals surface area contributed by atoms with Gasteiger partial charge in [-0.15, -0.1) is 0 Å². The summed E-state index contributed by atoms with van der Waals surface area (Å²) in [6.45, 7) is 4.02. The highest BCUT2D eigenvalue weighted by Crippen LogP contribution is 2.30. The monoisotopic (exact) mass is 630 g/mol.